The lowest BCUT2D eigenvalue weighted by atomic mass is 10.2. The van der Waals surface area contributed by atoms with Crippen LogP contribution in [0.25, 0.3) is 0 Å². The van der Waals surface area contributed by atoms with Crippen LogP contribution in [0.2, 0.25) is 0 Å². The van der Waals surface area contributed by atoms with Crippen molar-refractivity contribution in [2.24, 2.45) is 0 Å². The molecular formula is C15H14N2O5. The van der Waals surface area contributed by atoms with Gasteiger partial charge in [0.2, 0.25) is 0 Å². The van der Waals surface area contributed by atoms with E-state index in [1.807, 2.05) is 0 Å². The van der Waals surface area contributed by atoms with E-state index in [-0.39, 0.29) is 5.56 Å². The summed E-state index contributed by atoms with van der Waals surface area (Å²) >= 11 is 0. The van der Waals surface area contributed by atoms with Crippen molar-refractivity contribution in [2.75, 3.05) is 6.61 Å². The van der Waals surface area contributed by atoms with E-state index in [0.29, 0.717) is 17.0 Å². The van der Waals surface area contributed by atoms with Gasteiger partial charge in [-0.15, -0.1) is 0 Å². The highest BCUT2D eigenvalue weighted by Gasteiger charge is 2.20. The molecule has 0 saturated heterocycles. The van der Waals surface area contributed by atoms with Gasteiger partial charge in [-0.3, -0.25) is 14.9 Å². The van der Waals surface area contributed by atoms with Gasteiger partial charge in [0.25, 0.3) is 11.8 Å². The molecule has 0 unspecified atom stereocenters. The van der Waals surface area contributed by atoms with Crippen LogP contribution in [0.5, 0.6) is 0 Å². The number of hydrogen-bond donors (Lipinski definition) is 1. The smallest absolute Gasteiger partial charge is 0.344 e. The van der Waals surface area contributed by atoms with Crippen molar-refractivity contribution in [3.8, 4) is 0 Å². The number of esters is 1. The van der Waals surface area contributed by atoms with Gasteiger partial charge >= 0.3 is 5.97 Å². The monoisotopic (exact) mass is 302 g/mol. The lowest BCUT2D eigenvalue weighted by Crippen LogP contribution is -2.34. The van der Waals surface area contributed by atoms with Crippen LogP contribution in [0, 0.1) is 13.8 Å². The second-order valence-electron chi connectivity index (χ2n) is 4.52. The van der Waals surface area contributed by atoms with E-state index in [4.69, 9.17) is 9.26 Å². The van der Waals surface area contributed by atoms with Gasteiger partial charge in [-0.2, -0.15) is 0 Å². The number of carbonyl (C=O) groups is 3. The molecule has 1 N–H and O–H groups in total. The lowest BCUT2D eigenvalue weighted by Gasteiger charge is -2.05. The summed E-state index contributed by atoms with van der Waals surface area (Å²) in [6, 6.07) is 8.24. The number of amides is 2. The molecule has 1 heterocycles. The minimum atomic E-state index is -0.724. The fraction of sp³-hybridized carbons (Fsp3) is 0.200. The molecule has 7 heteroatoms. The number of rotatable bonds is 4. The van der Waals surface area contributed by atoms with Crippen molar-refractivity contribution in [1.82, 2.24) is 10.5 Å². The number of nitrogens with one attached hydrogen (secondary N) is 1. The van der Waals surface area contributed by atoms with Gasteiger partial charge in [-0.25, -0.2) is 4.79 Å². The molecule has 0 aliphatic rings. The van der Waals surface area contributed by atoms with E-state index >= 15 is 0 Å². The van der Waals surface area contributed by atoms with E-state index in [1.165, 1.54) is 0 Å². The Morgan fingerprint density at radius 1 is 1.18 bits per heavy atom. The number of aryl methyl sites for hydroxylation is 2. The van der Waals surface area contributed by atoms with E-state index in [2.05, 4.69) is 10.5 Å². The Hall–Kier alpha value is -2.96. The molecule has 0 fully saturated rings. The van der Waals surface area contributed by atoms with Crippen LogP contribution in [-0.4, -0.2) is 29.5 Å². The molecule has 0 atom stereocenters. The molecule has 1 aromatic heterocycles. The second-order valence-corrected chi connectivity index (χ2v) is 4.52. The molecule has 0 radical (unpaired) electrons. The Balaban J connectivity index is 1.88. The largest absolute Gasteiger partial charge is 0.452 e. The van der Waals surface area contributed by atoms with Crippen LogP contribution in [-0.2, 0) is 9.53 Å². The average molecular weight is 302 g/mol. The van der Waals surface area contributed by atoms with E-state index in [1.54, 1.807) is 44.2 Å². The summed E-state index contributed by atoms with van der Waals surface area (Å²) in [4.78, 5) is 35.2. The Labute approximate surface area is 126 Å². The van der Waals surface area contributed by atoms with Gasteiger partial charge in [-0.1, -0.05) is 23.4 Å². The number of benzene rings is 1. The summed E-state index contributed by atoms with van der Waals surface area (Å²) in [6.45, 7) is 2.59. The molecule has 0 saturated carbocycles. The zero-order valence-electron chi connectivity index (χ0n) is 12.1. The van der Waals surface area contributed by atoms with E-state index < -0.39 is 24.4 Å². The third-order valence-electron chi connectivity index (χ3n) is 2.86. The molecule has 0 aliphatic heterocycles. The van der Waals surface area contributed by atoms with Crippen molar-refractivity contribution >= 4 is 17.8 Å². The van der Waals surface area contributed by atoms with Gasteiger partial charge in [0, 0.05) is 5.56 Å². The third-order valence-corrected chi connectivity index (χ3v) is 2.86. The highest BCUT2D eigenvalue weighted by molar-refractivity contribution is 6.05. The highest BCUT2D eigenvalue weighted by Crippen LogP contribution is 2.13. The summed E-state index contributed by atoms with van der Waals surface area (Å²) in [5.41, 5.74) is 0.901. The SMILES string of the molecule is Cc1noc(C)c1C(=O)OCC(=O)NC(=O)c1ccccc1. The molecule has 0 spiro atoms. The minimum absolute atomic E-state index is 0.183. The van der Waals surface area contributed by atoms with Gasteiger partial charge < -0.3 is 9.26 Å². The first-order chi connectivity index (χ1) is 10.5. The van der Waals surface area contributed by atoms with Crippen LogP contribution in [0.15, 0.2) is 34.9 Å². The summed E-state index contributed by atoms with van der Waals surface area (Å²) in [5, 5.41) is 5.75. The third kappa shape index (κ3) is 3.57. The fourth-order valence-corrected chi connectivity index (χ4v) is 1.80. The zero-order valence-corrected chi connectivity index (χ0v) is 12.1. The number of nitrogens with zero attached hydrogens (tertiary/aromatic N) is 1. The summed E-state index contributed by atoms with van der Waals surface area (Å²) < 4.78 is 9.68. The zero-order chi connectivity index (χ0) is 16.1. The van der Waals surface area contributed by atoms with Gasteiger partial charge in [0.05, 0.1) is 5.69 Å². The van der Waals surface area contributed by atoms with Crippen LogP contribution >= 0.6 is 0 Å². The van der Waals surface area contributed by atoms with Crippen molar-refractivity contribution in [3.05, 3.63) is 52.9 Å². The standard InChI is InChI=1S/C15H14N2O5/c1-9-13(10(2)22-17-9)15(20)21-8-12(18)16-14(19)11-6-4-3-5-7-11/h3-7H,8H2,1-2H3,(H,16,18,19). The topological polar surface area (TPSA) is 98.5 Å². The van der Waals surface area contributed by atoms with Crippen molar-refractivity contribution in [1.29, 1.82) is 0 Å². The first-order valence-electron chi connectivity index (χ1n) is 6.48. The molecule has 2 aromatic rings. The maximum Gasteiger partial charge on any atom is 0.344 e. The molecule has 22 heavy (non-hydrogen) atoms. The van der Waals surface area contributed by atoms with Crippen LogP contribution in [0.1, 0.15) is 32.2 Å². The van der Waals surface area contributed by atoms with Gasteiger partial charge in [-0.05, 0) is 26.0 Å². The molecular weight excluding hydrogens is 288 g/mol. The predicted molar refractivity (Wildman–Crippen MR) is 75.2 cm³/mol. The van der Waals surface area contributed by atoms with Crippen molar-refractivity contribution in [2.45, 2.75) is 13.8 Å². The average Bonchev–Trinajstić information content (AvgIpc) is 2.85. The number of carbonyl (C=O) groups excluding carboxylic acids is 3. The van der Waals surface area contributed by atoms with Crippen molar-refractivity contribution in [3.63, 3.8) is 0 Å². The maximum atomic E-state index is 11.8. The summed E-state index contributed by atoms with van der Waals surface area (Å²) in [5.74, 6) is -1.69. The Morgan fingerprint density at radius 2 is 1.86 bits per heavy atom. The highest BCUT2D eigenvalue weighted by atomic mass is 16.5. The number of ether oxygens (including phenoxy) is 1. The molecule has 0 bridgehead atoms. The molecule has 114 valence electrons. The Morgan fingerprint density at radius 3 is 2.45 bits per heavy atom. The number of imide groups is 1. The van der Waals surface area contributed by atoms with Crippen LogP contribution in [0.3, 0.4) is 0 Å². The first kappa shape index (κ1) is 15.4. The normalized spacial score (nSPS) is 10.1. The van der Waals surface area contributed by atoms with E-state index in [9.17, 15) is 14.4 Å². The molecule has 2 amide bonds. The quantitative estimate of drug-likeness (QED) is 0.857. The molecule has 0 aliphatic carbocycles. The van der Waals surface area contributed by atoms with Gasteiger partial charge in [0.15, 0.2) is 6.61 Å². The molecule has 7 nitrogen and oxygen atoms in total. The predicted octanol–water partition coefficient (Wildman–Crippen LogP) is 1.40. The van der Waals surface area contributed by atoms with Gasteiger partial charge in [0.1, 0.15) is 11.3 Å². The molecule has 1 aromatic carbocycles. The van der Waals surface area contributed by atoms with Crippen molar-refractivity contribution < 1.29 is 23.6 Å². The lowest BCUT2D eigenvalue weighted by molar-refractivity contribution is -0.123. The summed E-state index contributed by atoms with van der Waals surface area (Å²) in [7, 11) is 0. The first-order valence-corrected chi connectivity index (χ1v) is 6.48. The Kier molecular flexibility index (Phi) is 4.67. The number of hydrogen-bond acceptors (Lipinski definition) is 6. The summed E-state index contributed by atoms with van der Waals surface area (Å²) in [6.07, 6.45) is 0. The maximum absolute atomic E-state index is 11.8. The fourth-order valence-electron chi connectivity index (χ4n) is 1.80. The number of aromatic nitrogens is 1. The minimum Gasteiger partial charge on any atom is -0.452 e. The van der Waals surface area contributed by atoms with Crippen LogP contribution < -0.4 is 5.32 Å². The Bertz CT molecular complexity index is 686. The second kappa shape index (κ2) is 6.66. The van der Waals surface area contributed by atoms with E-state index in [0.717, 1.165) is 0 Å². The molecule has 2 rings (SSSR count). The van der Waals surface area contributed by atoms with Crippen LogP contribution in [0.4, 0.5) is 0 Å².